The number of hydrogen-bond acceptors (Lipinski definition) is 2. The van der Waals surface area contributed by atoms with Gasteiger partial charge in [-0.3, -0.25) is 5.41 Å². The van der Waals surface area contributed by atoms with E-state index < -0.39 is 0 Å². The molecule has 1 aromatic carbocycles. The van der Waals surface area contributed by atoms with Crippen LogP contribution in [0.2, 0.25) is 0 Å². The molecule has 0 spiro atoms. The minimum Gasteiger partial charge on any atom is -0.318 e. The Labute approximate surface area is 76.2 Å². The van der Waals surface area contributed by atoms with Crippen LogP contribution in [0.3, 0.4) is 0 Å². The van der Waals surface area contributed by atoms with Gasteiger partial charge < -0.3 is 4.57 Å². The van der Waals surface area contributed by atoms with E-state index >= 15 is 0 Å². The highest BCUT2D eigenvalue weighted by Crippen LogP contribution is 2.05. The summed E-state index contributed by atoms with van der Waals surface area (Å²) in [6.07, 6.45) is 0. The molecular weight excluding hydrogens is 162 g/mol. The lowest BCUT2D eigenvalue weighted by Crippen LogP contribution is -2.20. The van der Waals surface area contributed by atoms with Crippen molar-refractivity contribution in [2.75, 3.05) is 0 Å². The van der Waals surface area contributed by atoms with Gasteiger partial charge in [0.25, 0.3) is 0 Å². The first-order valence-electron chi connectivity index (χ1n) is 4.17. The van der Waals surface area contributed by atoms with Gasteiger partial charge in [-0.2, -0.15) is 0 Å². The third-order valence-electron chi connectivity index (χ3n) is 2.26. The van der Waals surface area contributed by atoms with Gasteiger partial charge in [-0.15, -0.1) is 0 Å². The van der Waals surface area contributed by atoms with Crippen molar-refractivity contribution in [3.05, 3.63) is 35.6 Å². The third-order valence-corrected chi connectivity index (χ3v) is 2.26. The van der Waals surface area contributed by atoms with Crippen LogP contribution in [0.15, 0.2) is 24.3 Å². The average Bonchev–Trinajstić information content (AvgIpc) is 2.15. The summed E-state index contributed by atoms with van der Waals surface area (Å²) in [4.78, 5) is 4.38. The van der Waals surface area contributed by atoms with Crippen molar-refractivity contribution in [2.45, 2.75) is 6.92 Å². The zero-order valence-corrected chi connectivity index (χ0v) is 7.70. The summed E-state index contributed by atoms with van der Waals surface area (Å²) in [5, 5.41) is 8.75. The van der Waals surface area contributed by atoms with E-state index in [9.17, 15) is 0 Å². The summed E-state index contributed by atoms with van der Waals surface area (Å²) in [5.74, 6) is 0.865. The van der Waals surface area contributed by atoms with E-state index in [-0.39, 0.29) is 0 Å². The molecule has 0 aliphatic heterocycles. The highest BCUT2D eigenvalue weighted by atomic mass is 15.0. The molecule has 0 aliphatic rings. The molecule has 66 valence electrons. The van der Waals surface area contributed by atoms with Gasteiger partial charge in [-0.05, 0) is 19.1 Å². The molecule has 0 unspecified atom stereocenters. The van der Waals surface area contributed by atoms with Crippen LogP contribution in [-0.4, -0.2) is 9.55 Å². The predicted molar refractivity (Wildman–Crippen MR) is 51.3 cm³/mol. The lowest BCUT2D eigenvalue weighted by atomic mass is 10.2. The summed E-state index contributed by atoms with van der Waals surface area (Å²) in [5.41, 5.74) is 1.41. The Balaban J connectivity index is 3.03. The van der Waals surface area contributed by atoms with Crippen LogP contribution in [0.4, 0.5) is 0 Å². The molecule has 3 heteroatoms. The second-order valence-electron chi connectivity index (χ2n) is 3.08. The van der Waals surface area contributed by atoms with E-state index in [4.69, 9.17) is 5.41 Å². The summed E-state index contributed by atoms with van der Waals surface area (Å²) in [7, 11) is 1.86. The molecule has 0 aliphatic carbocycles. The Kier molecular flexibility index (Phi) is 1.65. The zero-order valence-electron chi connectivity index (χ0n) is 7.70. The number of nitrogens with one attached hydrogen (secondary N) is 1. The van der Waals surface area contributed by atoms with Gasteiger partial charge in [0.15, 0.2) is 0 Å². The minimum atomic E-state index is 0.517. The van der Waals surface area contributed by atoms with Crippen molar-refractivity contribution in [1.29, 1.82) is 5.41 Å². The van der Waals surface area contributed by atoms with E-state index in [2.05, 4.69) is 4.98 Å². The van der Waals surface area contributed by atoms with E-state index in [1.54, 1.807) is 4.57 Å². The molecule has 0 fully saturated rings. The molecular formula is C10H11N3. The zero-order chi connectivity index (χ0) is 9.42. The molecule has 1 heterocycles. The quantitative estimate of drug-likeness (QED) is 0.642. The summed E-state index contributed by atoms with van der Waals surface area (Å²) >= 11 is 0. The van der Waals surface area contributed by atoms with Crippen molar-refractivity contribution < 1.29 is 0 Å². The largest absolute Gasteiger partial charge is 0.318 e. The standard InChI is InChI=1S/C10H11N3/c1-7-12-9-6-4-3-5-8(9)10(11)13(7)2/h3-6,11H,1-2H3. The second-order valence-corrected chi connectivity index (χ2v) is 3.08. The molecule has 2 aromatic rings. The molecule has 13 heavy (non-hydrogen) atoms. The van der Waals surface area contributed by atoms with Crippen LogP contribution >= 0.6 is 0 Å². The smallest absolute Gasteiger partial charge is 0.135 e. The Morgan fingerprint density at radius 2 is 2.00 bits per heavy atom. The predicted octanol–water partition coefficient (Wildman–Crippen LogP) is 1.36. The summed E-state index contributed by atoms with van der Waals surface area (Å²) in [6.45, 7) is 1.91. The Morgan fingerprint density at radius 1 is 1.31 bits per heavy atom. The lowest BCUT2D eigenvalue weighted by molar-refractivity contribution is 0.763. The average molecular weight is 173 g/mol. The maximum absolute atomic E-state index is 7.85. The van der Waals surface area contributed by atoms with Crippen molar-refractivity contribution in [2.24, 2.45) is 7.05 Å². The molecule has 3 nitrogen and oxygen atoms in total. The normalized spacial score (nSPS) is 10.6. The van der Waals surface area contributed by atoms with Crippen LogP contribution in [-0.2, 0) is 7.05 Å². The monoisotopic (exact) mass is 173 g/mol. The highest BCUT2D eigenvalue weighted by molar-refractivity contribution is 5.76. The molecule has 0 amide bonds. The topological polar surface area (TPSA) is 41.7 Å². The number of fused-ring (bicyclic) bond motifs is 1. The van der Waals surface area contributed by atoms with E-state index in [0.717, 1.165) is 16.7 Å². The van der Waals surface area contributed by atoms with Gasteiger partial charge in [0.1, 0.15) is 11.3 Å². The maximum Gasteiger partial charge on any atom is 0.135 e. The van der Waals surface area contributed by atoms with Crippen LogP contribution in [0, 0.1) is 12.3 Å². The third kappa shape index (κ3) is 1.13. The number of aromatic nitrogens is 2. The van der Waals surface area contributed by atoms with Gasteiger partial charge in [0, 0.05) is 12.4 Å². The Morgan fingerprint density at radius 3 is 2.77 bits per heavy atom. The van der Waals surface area contributed by atoms with Gasteiger partial charge in [-0.25, -0.2) is 4.98 Å². The first-order valence-corrected chi connectivity index (χ1v) is 4.17. The first kappa shape index (κ1) is 7.98. The van der Waals surface area contributed by atoms with Crippen LogP contribution in [0.1, 0.15) is 5.82 Å². The SMILES string of the molecule is Cc1nc2ccccc2c(=N)n1C. The fourth-order valence-corrected chi connectivity index (χ4v) is 1.36. The number of hydrogen-bond donors (Lipinski definition) is 1. The molecule has 2 rings (SSSR count). The van der Waals surface area contributed by atoms with Crippen LogP contribution in [0.5, 0.6) is 0 Å². The van der Waals surface area contributed by atoms with E-state index in [1.807, 2.05) is 38.2 Å². The molecule has 0 saturated heterocycles. The molecule has 0 bridgehead atoms. The van der Waals surface area contributed by atoms with E-state index in [0.29, 0.717) is 5.49 Å². The fraction of sp³-hybridized carbons (Fsp3) is 0.200. The van der Waals surface area contributed by atoms with Gasteiger partial charge in [-0.1, -0.05) is 12.1 Å². The minimum absolute atomic E-state index is 0.517. The Bertz CT molecular complexity index is 511. The van der Waals surface area contributed by atoms with Crippen molar-refractivity contribution in [3.63, 3.8) is 0 Å². The lowest BCUT2D eigenvalue weighted by Gasteiger charge is -2.05. The number of para-hydroxylation sites is 1. The van der Waals surface area contributed by atoms with Gasteiger partial charge in [0.2, 0.25) is 0 Å². The molecule has 1 N–H and O–H groups in total. The summed E-state index contributed by atoms with van der Waals surface area (Å²) in [6, 6.07) is 7.72. The summed E-state index contributed by atoms with van der Waals surface area (Å²) < 4.78 is 1.78. The van der Waals surface area contributed by atoms with Gasteiger partial charge in [0.05, 0.1) is 5.52 Å². The Hall–Kier alpha value is -1.64. The molecule has 0 saturated carbocycles. The highest BCUT2D eigenvalue weighted by Gasteiger charge is 1.99. The maximum atomic E-state index is 7.85. The number of nitrogens with zero attached hydrogens (tertiary/aromatic N) is 2. The van der Waals surface area contributed by atoms with Crippen LogP contribution in [0.25, 0.3) is 10.9 Å². The first-order chi connectivity index (χ1) is 6.20. The molecule has 0 radical (unpaired) electrons. The fourth-order valence-electron chi connectivity index (χ4n) is 1.36. The molecule has 0 atom stereocenters. The number of rotatable bonds is 0. The van der Waals surface area contributed by atoms with Gasteiger partial charge >= 0.3 is 0 Å². The van der Waals surface area contributed by atoms with Crippen molar-refractivity contribution in [1.82, 2.24) is 9.55 Å². The van der Waals surface area contributed by atoms with Crippen molar-refractivity contribution in [3.8, 4) is 0 Å². The molecule has 1 aromatic heterocycles. The van der Waals surface area contributed by atoms with Crippen LogP contribution < -0.4 is 5.49 Å². The van der Waals surface area contributed by atoms with E-state index in [1.165, 1.54) is 0 Å². The van der Waals surface area contributed by atoms with Crippen molar-refractivity contribution >= 4 is 10.9 Å². The second kappa shape index (κ2) is 2.69. The number of benzene rings is 1. The number of aryl methyl sites for hydroxylation is 1.